The highest BCUT2D eigenvalue weighted by Crippen LogP contribution is 2.36. The minimum Gasteiger partial charge on any atom is -0.387 e. The molecule has 2 unspecified atom stereocenters. The zero-order valence-electron chi connectivity index (χ0n) is 17.6. The molecule has 1 aromatic carbocycles. The van der Waals surface area contributed by atoms with Gasteiger partial charge in [-0.2, -0.15) is 8.42 Å². The van der Waals surface area contributed by atoms with E-state index in [0.717, 1.165) is 12.8 Å². The lowest BCUT2D eigenvalue weighted by Crippen LogP contribution is -2.40. The fourth-order valence-electron chi connectivity index (χ4n) is 4.59. The van der Waals surface area contributed by atoms with Crippen LogP contribution in [0.25, 0.3) is 11.2 Å². The number of aliphatic hydroxyl groups is 2. The van der Waals surface area contributed by atoms with Gasteiger partial charge in [-0.05, 0) is 30.9 Å². The van der Waals surface area contributed by atoms with Crippen molar-refractivity contribution < 1.29 is 27.6 Å². The molecule has 1 saturated heterocycles. The lowest BCUT2D eigenvalue weighted by Gasteiger charge is -2.20. The van der Waals surface area contributed by atoms with Crippen LogP contribution in [0.5, 0.6) is 0 Å². The van der Waals surface area contributed by atoms with Crippen molar-refractivity contribution in [2.24, 2.45) is 5.14 Å². The van der Waals surface area contributed by atoms with E-state index < -0.39 is 40.9 Å². The number of hydrogen-bond donors (Lipinski definition) is 4. The van der Waals surface area contributed by atoms with Crippen LogP contribution >= 0.6 is 0 Å². The predicted molar refractivity (Wildman–Crippen MR) is 116 cm³/mol. The van der Waals surface area contributed by atoms with Gasteiger partial charge in [0.2, 0.25) is 0 Å². The van der Waals surface area contributed by atoms with E-state index in [1.165, 1.54) is 35.3 Å². The number of rotatable bonds is 6. The van der Waals surface area contributed by atoms with Crippen molar-refractivity contribution in [2.45, 2.75) is 56.5 Å². The largest absolute Gasteiger partial charge is 0.387 e. The normalized spacial score (nSPS) is 28.2. The molecule has 176 valence electrons. The number of nitrogens with zero attached hydrogens (tertiary/aromatic N) is 4. The molecule has 1 aliphatic heterocycles. The number of aryl methyl sites for hydroxylation is 1. The zero-order chi connectivity index (χ0) is 23.3. The van der Waals surface area contributed by atoms with Crippen molar-refractivity contribution in [2.75, 3.05) is 5.32 Å². The standard InChI is InChI=1S/C20H24N6O6S/c1-10(32-33(21,29)30)17-15(27)16(28)20(31-17)26-9-24-14-18(22-8-23-19(14)26)25-13-7-6-11-4-2-3-5-12(11)13/h2-5,8-10,13,15-17,20,27-28H,6-7H2,1H3,(H2,21,29,30)(H,22,23,25)/t10?,13?,15-,16+,17+,20+/m0/s1. The van der Waals surface area contributed by atoms with E-state index in [9.17, 15) is 18.6 Å². The summed E-state index contributed by atoms with van der Waals surface area (Å²) in [6, 6.07) is 8.31. The maximum atomic E-state index is 11.2. The highest BCUT2D eigenvalue weighted by molar-refractivity contribution is 7.84. The molecule has 1 fully saturated rings. The number of ether oxygens (including phenoxy) is 1. The van der Waals surface area contributed by atoms with Crippen LogP contribution in [0.1, 0.15) is 36.7 Å². The number of nitrogens with two attached hydrogens (primary N) is 1. The summed E-state index contributed by atoms with van der Waals surface area (Å²) in [4.78, 5) is 13.0. The molecule has 5 N–H and O–H groups in total. The van der Waals surface area contributed by atoms with Gasteiger partial charge in [0.1, 0.15) is 30.7 Å². The summed E-state index contributed by atoms with van der Waals surface area (Å²) in [5, 5.41) is 29.4. The third-order valence-electron chi connectivity index (χ3n) is 6.10. The minimum absolute atomic E-state index is 0.0835. The van der Waals surface area contributed by atoms with Crippen LogP contribution < -0.4 is 10.5 Å². The lowest BCUT2D eigenvalue weighted by molar-refractivity contribution is -0.0694. The molecule has 13 heteroatoms. The fraction of sp³-hybridized carbons (Fsp3) is 0.450. The number of hydrogen-bond acceptors (Lipinski definition) is 10. The summed E-state index contributed by atoms with van der Waals surface area (Å²) >= 11 is 0. The van der Waals surface area contributed by atoms with Crippen LogP contribution in [-0.4, -0.2) is 62.6 Å². The summed E-state index contributed by atoms with van der Waals surface area (Å²) in [5.74, 6) is 0.538. The zero-order valence-corrected chi connectivity index (χ0v) is 18.5. The number of aliphatic hydroxyl groups excluding tert-OH is 2. The maximum Gasteiger partial charge on any atom is 0.333 e. The van der Waals surface area contributed by atoms with E-state index in [1.807, 2.05) is 12.1 Å². The second kappa shape index (κ2) is 8.27. The van der Waals surface area contributed by atoms with Crippen LogP contribution in [0.4, 0.5) is 5.82 Å². The minimum atomic E-state index is -4.27. The molecule has 0 saturated carbocycles. The van der Waals surface area contributed by atoms with E-state index in [1.54, 1.807) is 0 Å². The Labute approximate surface area is 189 Å². The van der Waals surface area contributed by atoms with Gasteiger partial charge in [-0.1, -0.05) is 24.3 Å². The molecule has 12 nitrogen and oxygen atoms in total. The molecule has 6 atom stereocenters. The molecule has 3 heterocycles. The Kier molecular flexibility index (Phi) is 5.55. The fourth-order valence-corrected chi connectivity index (χ4v) is 5.12. The highest BCUT2D eigenvalue weighted by atomic mass is 32.2. The Morgan fingerprint density at radius 3 is 2.82 bits per heavy atom. The summed E-state index contributed by atoms with van der Waals surface area (Å²) in [6.45, 7) is 1.38. The maximum absolute atomic E-state index is 11.2. The van der Waals surface area contributed by atoms with Crippen LogP contribution in [0.15, 0.2) is 36.9 Å². The number of benzene rings is 1. The van der Waals surface area contributed by atoms with Gasteiger partial charge < -0.3 is 20.3 Å². The topological polar surface area (TPSA) is 175 Å². The van der Waals surface area contributed by atoms with Gasteiger partial charge in [-0.3, -0.25) is 8.75 Å². The highest BCUT2D eigenvalue weighted by Gasteiger charge is 2.47. The number of aromatic nitrogens is 4. The van der Waals surface area contributed by atoms with Crippen LogP contribution in [0.3, 0.4) is 0 Å². The first-order chi connectivity index (χ1) is 15.7. The molecule has 2 aliphatic rings. The lowest BCUT2D eigenvalue weighted by atomic mass is 10.1. The van der Waals surface area contributed by atoms with Gasteiger partial charge in [0.15, 0.2) is 23.2 Å². The predicted octanol–water partition coefficient (Wildman–Crippen LogP) is 0.154. The van der Waals surface area contributed by atoms with Crippen LogP contribution in [-0.2, 0) is 25.6 Å². The van der Waals surface area contributed by atoms with E-state index in [4.69, 9.17) is 14.1 Å². The molecular formula is C20H24N6O6S. The van der Waals surface area contributed by atoms with Crippen molar-refractivity contribution in [1.82, 2.24) is 19.5 Å². The first kappa shape index (κ1) is 22.1. The molecule has 2 aromatic heterocycles. The summed E-state index contributed by atoms with van der Waals surface area (Å²) in [7, 11) is -4.27. The third-order valence-corrected chi connectivity index (χ3v) is 6.67. The number of nitrogens with one attached hydrogen (secondary N) is 1. The first-order valence-corrected chi connectivity index (χ1v) is 11.9. The Balaban J connectivity index is 1.41. The first-order valence-electron chi connectivity index (χ1n) is 10.5. The van der Waals surface area contributed by atoms with Gasteiger partial charge in [-0.15, -0.1) is 0 Å². The SMILES string of the molecule is CC(OS(N)(=O)=O)[C@H]1O[C@@H](n2cnc3c(NC4CCc5ccccc54)ncnc32)[C@H](O)[C@@H]1O. The van der Waals surface area contributed by atoms with Gasteiger partial charge in [0.05, 0.1) is 12.4 Å². The van der Waals surface area contributed by atoms with E-state index in [2.05, 4.69) is 32.4 Å². The van der Waals surface area contributed by atoms with E-state index in [0.29, 0.717) is 17.0 Å². The summed E-state index contributed by atoms with van der Waals surface area (Å²) in [5.41, 5.74) is 3.37. The number of anilines is 1. The van der Waals surface area contributed by atoms with Crippen molar-refractivity contribution in [1.29, 1.82) is 0 Å². The molecule has 5 rings (SSSR count). The number of fused-ring (bicyclic) bond motifs is 2. The molecule has 0 amide bonds. The number of imidazole rings is 1. The monoisotopic (exact) mass is 476 g/mol. The van der Waals surface area contributed by atoms with Crippen molar-refractivity contribution in [3.05, 3.63) is 48.0 Å². The summed E-state index contributed by atoms with van der Waals surface area (Å²) < 4.78 is 34.4. The van der Waals surface area contributed by atoms with Crippen molar-refractivity contribution in [3.63, 3.8) is 0 Å². The van der Waals surface area contributed by atoms with Crippen molar-refractivity contribution >= 4 is 27.3 Å². The Bertz CT molecular complexity index is 1280. The average Bonchev–Trinajstić information content (AvgIpc) is 3.45. The average molecular weight is 477 g/mol. The third kappa shape index (κ3) is 4.07. The molecule has 0 spiro atoms. The Morgan fingerprint density at radius 2 is 2.03 bits per heavy atom. The molecular weight excluding hydrogens is 452 g/mol. The quantitative estimate of drug-likeness (QED) is 0.383. The van der Waals surface area contributed by atoms with Gasteiger partial charge in [-0.25, -0.2) is 20.1 Å². The van der Waals surface area contributed by atoms with Gasteiger partial charge in [0.25, 0.3) is 0 Å². The van der Waals surface area contributed by atoms with Gasteiger partial charge in [0, 0.05) is 0 Å². The molecule has 0 bridgehead atoms. The molecule has 33 heavy (non-hydrogen) atoms. The second-order valence-corrected chi connectivity index (χ2v) is 9.43. The second-order valence-electron chi connectivity index (χ2n) is 8.25. The van der Waals surface area contributed by atoms with E-state index >= 15 is 0 Å². The van der Waals surface area contributed by atoms with Crippen LogP contribution in [0, 0.1) is 0 Å². The Morgan fingerprint density at radius 1 is 1.24 bits per heavy atom. The van der Waals surface area contributed by atoms with E-state index in [-0.39, 0.29) is 6.04 Å². The summed E-state index contributed by atoms with van der Waals surface area (Å²) in [6.07, 6.45) is -1.44. The Hall–Kier alpha value is -2.68. The molecule has 3 aromatic rings. The van der Waals surface area contributed by atoms with Crippen molar-refractivity contribution in [3.8, 4) is 0 Å². The smallest absolute Gasteiger partial charge is 0.333 e. The molecule has 0 radical (unpaired) electrons. The van der Waals surface area contributed by atoms with Gasteiger partial charge >= 0.3 is 10.3 Å². The molecule has 1 aliphatic carbocycles. The van der Waals surface area contributed by atoms with Crippen LogP contribution in [0.2, 0.25) is 0 Å².